The Morgan fingerprint density at radius 1 is 1.40 bits per heavy atom. The highest BCUT2D eigenvalue weighted by Crippen LogP contribution is 2.25. The number of hydrogen-bond acceptors (Lipinski definition) is 6. The number of carboxylic acids is 1. The summed E-state index contributed by atoms with van der Waals surface area (Å²) in [5.41, 5.74) is 0. The molecule has 8 nitrogen and oxygen atoms in total. The van der Waals surface area contributed by atoms with Crippen molar-refractivity contribution in [3.8, 4) is 0 Å². The van der Waals surface area contributed by atoms with Crippen molar-refractivity contribution < 1.29 is 34.8 Å². The molecule has 1 rings (SSSR count). The summed E-state index contributed by atoms with van der Waals surface area (Å²) in [5, 5.41) is 41.0. The summed E-state index contributed by atoms with van der Waals surface area (Å²) in [5.74, 6) is -1.72. The zero-order valence-electron chi connectivity index (χ0n) is 11.4. The molecule has 0 aromatic carbocycles. The average Bonchev–Trinajstić information content (AvgIpc) is 2.38. The van der Waals surface area contributed by atoms with E-state index in [1.807, 2.05) is 0 Å². The minimum Gasteiger partial charge on any atom is -0.479 e. The minimum absolute atomic E-state index is 0.203. The van der Waals surface area contributed by atoms with Crippen LogP contribution in [0.3, 0.4) is 0 Å². The first-order chi connectivity index (χ1) is 9.27. The second kappa shape index (κ2) is 6.98. The van der Waals surface area contributed by atoms with E-state index in [9.17, 15) is 24.9 Å². The molecule has 6 unspecified atom stereocenters. The van der Waals surface area contributed by atoms with Gasteiger partial charge in [-0.15, -0.1) is 0 Å². The lowest BCUT2D eigenvalue weighted by Crippen LogP contribution is -2.63. The molecule has 6 atom stereocenters. The van der Waals surface area contributed by atoms with Crippen LogP contribution in [0.4, 0.5) is 0 Å². The summed E-state index contributed by atoms with van der Waals surface area (Å²) >= 11 is 0. The average molecular weight is 291 g/mol. The number of aliphatic hydroxyl groups excluding tert-OH is 3. The molecule has 0 aliphatic carbocycles. The smallest absolute Gasteiger partial charge is 0.332 e. The molecule has 1 aliphatic rings. The number of amides is 1. The lowest BCUT2D eigenvalue weighted by molar-refractivity contribution is -0.194. The van der Waals surface area contributed by atoms with Crippen molar-refractivity contribution in [2.45, 2.75) is 63.3 Å². The zero-order chi connectivity index (χ0) is 15.4. The van der Waals surface area contributed by atoms with E-state index in [0.29, 0.717) is 0 Å². The van der Waals surface area contributed by atoms with Gasteiger partial charge in [-0.25, -0.2) is 4.79 Å². The van der Waals surface area contributed by atoms with Crippen LogP contribution in [-0.2, 0) is 14.3 Å². The second-order valence-corrected chi connectivity index (χ2v) is 4.92. The minimum atomic E-state index is -1.41. The van der Waals surface area contributed by atoms with Crippen LogP contribution in [-0.4, -0.2) is 68.9 Å². The number of hydrogen-bond donors (Lipinski definition) is 5. The van der Waals surface area contributed by atoms with Crippen LogP contribution in [0.25, 0.3) is 0 Å². The van der Waals surface area contributed by atoms with E-state index in [1.54, 1.807) is 6.92 Å². The molecule has 8 heteroatoms. The lowest BCUT2D eigenvalue weighted by atomic mass is 9.89. The van der Waals surface area contributed by atoms with E-state index in [1.165, 1.54) is 6.92 Å². The van der Waals surface area contributed by atoms with E-state index in [-0.39, 0.29) is 12.8 Å². The maximum atomic E-state index is 11.1. The molecule has 20 heavy (non-hydrogen) atoms. The van der Waals surface area contributed by atoms with Crippen LogP contribution in [0, 0.1) is 0 Å². The van der Waals surface area contributed by atoms with Crippen LogP contribution < -0.4 is 5.32 Å². The van der Waals surface area contributed by atoms with Gasteiger partial charge in [-0.3, -0.25) is 4.79 Å². The van der Waals surface area contributed by atoms with Gasteiger partial charge in [-0.2, -0.15) is 0 Å². The van der Waals surface area contributed by atoms with Gasteiger partial charge in [0.1, 0.15) is 12.2 Å². The molecule has 1 heterocycles. The number of ether oxygens (including phenoxy) is 1. The Morgan fingerprint density at radius 2 is 2.00 bits per heavy atom. The molecule has 0 bridgehead atoms. The fourth-order valence-electron chi connectivity index (χ4n) is 2.24. The Hall–Kier alpha value is -1.22. The highest BCUT2D eigenvalue weighted by atomic mass is 16.5. The standard InChI is InChI=1S/C12H21NO7/c1-3-6(15)10(17)11-9(13-5(2)14)7(16)4-8(20-11)12(18)19/h6-11,15-17H,3-4H2,1-2H3,(H,13,14)(H,18,19). The molecule has 116 valence electrons. The van der Waals surface area contributed by atoms with Crippen molar-refractivity contribution in [3.05, 3.63) is 0 Å². The normalized spacial score (nSPS) is 33.2. The van der Waals surface area contributed by atoms with Gasteiger partial charge in [0.05, 0.1) is 18.2 Å². The Morgan fingerprint density at radius 3 is 2.45 bits per heavy atom. The Kier molecular flexibility index (Phi) is 5.88. The molecule has 0 aromatic rings. The summed E-state index contributed by atoms with van der Waals surface area (Å²) in [6, 6.07) is -0.973. The first kappa shape index (κ1) is 16.8. The molecule has 0 spiro atoms. The third-order valence-corrected chi connectivity index (χ3v) is 3.34. The zero-order valence-corrected chi connectivity index (χ0v) is 11.4. The van der Waals surface area contributed by atoms with Crippen LogP contribution in [0.5, 0.6) is 0 Å². The van der Waals surface area contributed by atoms with Crippen molar-refractivity contribution in [2.75, 3.05) is 0 Å². The van der Waals surface area contributed by atoms with Crippen molar-refractivity contribution in [3.63, 3.8) is 0 Å². The molecular formula is C12H21NO7. The van der Waals surface area contributed by atoms with Gasteiger partial charge in [-0.1, -0.05) is 6.92 Å². The van der Waals surface area contributed by atoms with E-state index in [0.717, 1.165) is 0 Å². The Balaban J connectivity index is 2.94. The van der Waals surface area contributed by atoms with E-state index in [2.05, 4.69) is 5.32 Å². The maximum Gasteiger partial charge on any atom is 0.332 e. The van der Waals surface area contributed by atoms with E-state index >= 15 is 0 Å². The van der Waals surface area contributed by atoms with Crippen molar-refractivity contribution in [1.82, 2.24) is 5.32 Å². The van der Waals surface area contributed by atoms with Gasteiger partial charge in [0.15, 0.2) is 6.10 Å². The molecule has 0 radical (unpaired) electrons. The van der Waals surface area contributed by atoms with Gasteiger partial charge < -0.3 is 30.5 Å². The van der Waals surface area contributed by atoms with Crippen LogP contribution >= 0.6 is 0 Å². The van der Waals surface area contributed by atoms with E-state index < -0.39 is 48.4 Å². The van der Waals surface area contributed by atoms with E-state index in [4.69, 9.17) is 9.84 Å². The molecule has 5 N–H and O–H groups in total. The molecule has 1 amide bonds. The predicted octanol–water partition coefficient (Wildman–Crippen LogP) is -1.77. The molecule has 1 saturated heterocycles. The van der Waals surface area contributed by atoms with Crippen LogP contribution in [0.15, 0.2) is 0 Å². The molecule has 0 aromatic heterocycles. The molecule has 0 saturated carbocycles. The summed E-state index contributed by atoms with van der Waals surface area (Å²) in [7, 11) is 0. The highest BCUT2D eigenvalue weighted by Gasteiger charge is 2.45. The Labute approximate surface area is 116 Å². The first-order valence-corrected chi connectivity index (χ1v) is 6.47. The number of aliphatic carboxylic acids is 1. The van der Waals surface area contributed by atoms with Crippen molar-refractivity contribution >= 4 is 11.9 Å². The van der Waals surface area contributed by atoms with Crippen LogP contribution in [0.1, 0.15) is 26.7 Å². The number of carboxylic acid groups (broad SMARTS) is 1. The topological polar surface area (TPSA) is 136 Å². The number of rotatable bonds is 5. The third-order valence-electron chi connectivity index (χ3n) is 3.34. The second-order valence-electron chi connectivity index (χ2n) is 4.92. The first-order valence-electron chi connectivity index (χ1n) is 6.47. The third kappa shape index (κ3) is 3.89. The van der Waals surface area contributed by atoms with Crippen molar-refractivity contribution in [1.29, 1.82) is 0 Å². The predicted molar refractivity (Wildman–Crippen MR) is 66.8 cm³/mol. The lowest BCUT2D eigenvalue weighted by Gasteiger charge is -2.41. The van der Waals surface area contributed by atoms with Gasteiger partial charge >= 0.3 is 5.97 Å². The van der Waals surface area contributed by atoms with Crippen molar-refractivity contribution in [2.24, 2.45) is 0 Å². The number of aliphatic hydroxyl groups is 3. The van der Waals surface area contributed by atoms with Gasteiger partial charge in [0.2, 0.25) is 5.91 Å². The summed E-state index contributed by atoms with van der Waals surface area (Å²) in [4.78, 5) is 22.1. The molecule has 1 fully saturated rings. The van der Waals surface area contributed by atoms with Crippen LogP contribution in [0.2, 0.25) is 0 Å². The summed E-state index contributed by atoms with van der Waals surface area (Å²) in [6.07, 6.45) is -6.20. The number of carbonyl (C=O) groups excluding carboxylic acids is 1. The van der Waals surface area contributed by atoms with Gasteiger partial charge in [0.25, 0.3) is 0 Å². The summed E-state index contributed by atoms with van der Waals surface area (Å²) < 4.78 is 5.23. The maximum absolute atomic E-state index is 11.1. The summed E-state index contributed by atoms with van der Waals surface area (Å²) in [6.45, 7) is 2.87. The SMILES string of the molecule is CCC(O)C(O)C1OC(C(=O)O)CC(O)C1NC(C)=O. The number of nitrogens with one attached hydrogen (secondary N) is 1. The fourth-order valence-corrected chi connectivity index (χ4v) is 2.24. The largest absolute Gasteiger partial charge is 0.479 e. The highest BCUT2D eigenvalue weighted by molar-refractivity contribution is 5.74. The van der Waals surface area contributed by atoms with Gasteiger partial charge in [-0.05, 0) is 6.42 Å². The van der Waals surface area contributed by atoms with Gasteiger partial charge in [0, 0.05) is 13.3 Å². The quantitative estimate of drug-likeness (QED) is 0.404. The molecular weight excluding hydrogens is 270 g/mol. The molecule has 1 aliphatic heterocycles. The Bertz CT molecular complexity index is 362. The monoisotopic (exact) mass is 291 g/mol. The number of carbonyl (C=O) groups is 2. The fraction of sp³-hybridized carbons (Fsp3) is 0.833.